The molecule has 2 fully saturated rings. The second kappa shape index (κ2) is 4.74. The van der Waals surface area contributed by atoms with Gasteiger partial charge in [0.25, 0.3) is 0 Å². The summed E-state index contributed by atoms with van der Waals surface area (Å²) >= 11 is 0. The minimum absolute atomic E-state index is 0.0856. The summed E-state index contributed by atoms with van der Waals surface area (Å²) in [5.74, 6) is 0.323. The summed E-state index contributed by atoms with van der Waals surface area (Å²) in [5, 5.41) is 9.29. The maximum Gasteiger partial charge on any atom is 0.229 e. The lowest BCUT2D eigenvalue weighted by Crippen LogP contribution is -2.46. The van der Waals surface area contributed by atoms with E-state index in [-0.39, 0.29) is 18.1 Å². The lowest BCUT2D eigenvalue weighted by atomic mass is 9.81. The normalized spacial score (nSPS) is 28.6. The molecule has 1 saturated carbocycles. The largest absolute Gasteiger partial charge is 0.394 e. The van der Waals surface area contributed by atoms with Gasteiger partial charge in [-0.3, -0.25) is 4.79 Å². The van der Waals surface area contributed by atoms with Crippen molar-refractivity contribution in [1.82, 2.24) is 4.90 Å². The molecule has 0 radical (unpaired) electrons. The van der Waals surface area contributed by atoms with Crippen molar-refractivity contribution in [3.05, 3.63) is 0 Å². The summed E-state index contributed by atoms with van der Waals surface area (Å²) in [6.07, 6.45) is 7.47. The second-order valence-electron chi connectivity index (χ2n) is 5.32. The Hall–Kier alpha value is -0.570. The van der Waals surface area contributed by atoms with E-state index in [1.54, 1.807) is 0 Å². The quantitative estimate of drug-likeness (QED) is 0.797. The minimum Gasteiger partial charge on any atom is -0.394 e. The molecule has 3 heteroatoms. The van der Waals surface area contributed by atoms with Crippen LogP contribution in [0.1, 0.15) is 51.9 Å². The minimum atomic E-state index is -0.0856. The van der Waals surface area contributed by atoms with Gasteiger partial charge in [-0.25, -0.2) is 0 Å². The number of rotatable bonds is 3. The topological polar surface area (TPSA) is 40.5 Å². The van der Waals surface area contributed by atoms with E-state index in [1.165, 1.54) is 12.8 Å². The Labute approximate surface area is 97.8 Å². The van der Waals surface area contributed by atoms with Crippen LogP contribution in [0.3, 0.4) is 0 Å². The number of hydrogen-bond acceptors (Lipinski definition) is 2. The molecule has 1 saturated heterocycles. The third-order valence-electron chi connectivity index (χ3n) is 4.54. The van der Waals surface area contributed by atoms with Crippen LogP contribution in [0, 0.1) is 5.41 Å². The Kier molecular flexibility index (Phi) is 3.53. The Morgan fingerprint density at radius 1 is 1.38 bits per heavy atom. The maximum absolute atomic E-state index is 12.6. The van der Waals surface area contributed by atoms with Gasteiger partial charge in [0.05, 0.1) is 12.6 Å². The average Bonchev–Trinajstić information content (AvgIpc) is 2.97. The van der Waals surface area contributed by atoms with Crippen LogP contribution in [-0.2, 0) is 4.79 Å². The third-order valence-corrected chi connectivity index (χ3v) is 4.54. The zero-order valence-corrected chi connectivity index (χ0v) is 10.2. The summed E-state index contributed by atoms with van der Waals surface area (Å²) in [7, 11) is 0. The molecule has 0 bridgehead atoms. The van der Waals surface area contributed by atoms with Gasteiger partial charge in [-0.05, 0) is 32.1 Å². The van der Waals surface area contributed by atoms with Gasteiger partial charge in [-0.1, -0.05) is 19.8 Å². The van der Waals surface area contributed by atoms with Gasteiger partial charge in [0.15, 0.2) is 0 Å². The molecule has 3 nitrogen and oxygen atoms in total. The van der Waals surface area contributed by atoms with Gasteiger partial charge in [0.1, 0.15) is 0 Å². The van der Waals surface area contributed by atoms with E-state index >= 15 is 0 Å². The van der Waals surface area contributed by atoms with Gasteiger partial charge >= 0.3 is 0 Å². The van der Waals surface area contributed by atoms with Crippen molar-refractivity contribution in [3.63, 3.8) is 0 Å². The van der Waals surface area contributed by atoms with Crippen LogP contribution < -0.4 is 0 Å². The maximum atomic E-state index is 12.6. The molecule has 1 aliphatic heterocycles. The Morgan fingerprint density at radius 2 is 2.06 bits per heavy atom. The van der Waals surface area contributed by atoms with Crippen LogP contribution in [0.4, 0.5) is 0 Å². The van der Waals surface area contributed by atoms with Crippen LogP contribution in [-0.4, -0.2) is 35.1 Å². The predicted molar refractivity (Wildman–Crippen MR) is 63.0 cm³/mol. The van der Waals surface area contributed by atoms with E-state index in [0.717, 1.165) is 38.6 Å². The van der Waals surface area contributed by atoms with E-state index < -0.39 is 0 Å². The van der Waals surface area contributed by atoms with Crippen LogP contribution in [0.5, 0.6) is 0 Å². The molecule has 1 heterocycles. The number of aliphatic hydroxyl groups is 1. The monoisotopic (exact) mass is 225 g/mol. The fraction of sp³-hybridized carbons (Fsp3) is 0.923. The number of carbonyl (C=O) groups excluding carboxylic acids is 1. The lowest BCUT2D eigenvalue weighted by Gasteiger charge is -2.34. The van der Waals surface area contributed by atoms with Crippen LogP contribution >= 0.6 is 0 Å². The predicted octanol–water partition coefficient (Wildman–Crippen LogP) is 1.94. The Morgan fingerprint density at radius 3 is 2.62 bits per heavy atom. The van der Waals surface area contributed by atoms with E-state index in [9.17, 15) is 9.90 Å². The van der Waals surface area contributed by atoms with Gasteiger partial charge in [0.2, 0.25) is 5.91 Å². The van der Waals surface area contributed by atoms with Crippen LogP contribution in [0.25, 0.3) is 0 Å². The molecule has 0 spiro atoms. The first-order chi connectivity index (χ1) is 7.73. The molecule has 1 amide bonds. The highest BCUT2D eigenvalue weighted by atomic mass is 16.3. The summed E-state index contributed by atoms with van der Waals surface area (Å²) < 4.78 is 0. The van der Waals surface area contributed by atoms with Crippen molar-refractivity contribution in [3.8, 4) is 0 Å². The summed E-state index contributed by atoms with van der Waals surface area (Å²) in [6.45, 7) is 3.12. The molecule has 0 aromatic rings. The van der Waals surface area contributed by atoms with Crippen molar-refractivity contribution in [2.45, 2.75) is 57.9 Å². The Balaban J connectivity index is 2.10. The number of amides is 1. The van der Waals surface area contributed by atoms with Gasteiger partial charge < -0.3 is 10.0 Å². The summed E-state index contributed by atoms with van der Waals surface area (Å²) in [4.78, 5) is 14.5. The van der Waals surface area contributed by atoms with E-state index in [1.807, 2.05) is 4.90 Å². The lowest BCUT2D eigenvalue weighted by molar-refractivity contribution is -0.143. The SMILES string of the molecule is CCC1(C(=O)N2CCC[C@@H]2CO)CCCC1. The molecule has 0 aromatic carbocycles. The molecule has 1 aliphatic carbocycles. The van der Waals surface area contributed by atoms with E-state index in [2.05, 4.69) is 6.92 Å². The molecule has 0 unspecified atom stereocenters. The van der Waals surface area contributed by atoms with Crippen molar-refractivity contribution in [1.29, 1.82) is 0 Å². The molecule has 16 heavy (non-hydrogen) atoms. The van der Waals surface area contributed by atoms with Gasteiger partial charge in [-0.2, -0.15) is 0 Å². The standard InChI is InChI=1S/C13H23NO2/c1-2-13(7-3-4-8-13)12(16)14-9-5-6-11(14)10-15/h11,15H,2-10H2,1H3/t11-/m1/s1. The molecular formula is C13H23NO2. The number of carbonyl (C=O) groups is 1. The number of nitrogens with zero attached hydrogens (tertiary/aromatic N) is 1. The number of likely N-dealkylation sites (tertiary alicyclic amines) is 1. The number of hydrogen-bond donors (Lipinski definition) is 1. The first kappa shape index (κ1) is 11.9. The molecule has 0 aromatic heterocycles. The average molecular weight is 225 g/mol. The first-order valence-electron chi connectivity index (χ1n) is 6.65. The van der Waals surface area contributed by atoms with Crippen molar-refractivity contribution in [2.75, 3.05) is 13.2 Å². The fourth-order valence-electron chi connectivity index (χ4n) is 3.37. The Bertz CT molecular complexity index is 259. The molecule has 1 N–H and O–H groups in total. The highest BCUT2D eigenvalue weighted by molar-refractivity contribution is 5.83. The van der Waals surface area contributed by atoms with Crippen molar-refractivity contribution < 1.29 is 9.90 Å². The molecule has 92 valence electrons. The second-order valence-corrected chi connectivity index (χ2v) is 5.32. The highest BCUT2D eigenvalue weighted by Crippen LogP contribution is 2.43. The van der Waals surface area contributed by atoms with Crippen LogP contribution in [0.15, 0.2) is 0 Å². The zero-order valence-electron chi connectivity index (χ0n) is 10.2. The first-order valence-corrected chi connectivity index (χ1v) is 6.65. The zero-order chi connectivity index (χ0) is 11.6. The number of aliphatic hydroxyl groups excluding tert-OH is 1. The van der Waals surface area contributed by atoms with Crippen LogP contribution in [0.2, 0.25) is 0 Å². The van der Waals surface area contributed by atoms with Crippen molar-refractivity contribution in [2.24, 2.45) is 5.41 Å². The third kappa shape index (κ3) is 1.86. The molecular weight excluding hydrogens is 202 g/mol. The van der Waals surface area contributed by atoms with Gasteiger partial charge in [0, 0.05) is 12.0 Å². The summed E-state index contributed by atoms with van der Waals surface area (Å²) in [5.41, 5.74) is -0.0856. The van der Waals surface area contributed by atoms with Gasteiger partial charge in [-0.15, -0.1) is 0 Å². The van der Waals surface area contributed by atoms with E-state index in [0.29, 0.717) is 5.91 Å². The molecule has 2 rings (SSSR count). The summed E-state index contributed by atoms with van der Waals surface area (Å²) in [6, 6.07) is 0.0940. The highest BCUT2D eigenvalue weighted by Gasteiger charge is 2.44. The van der Waals surface area contributed by atoms with Crippen molar-refractivity contribution >= 4 is 5.91 Å². The molecule has 1 atom stereocenters. The smallest absolute Gasteiger partial charge is 0.229 e. The fourth-order valence-corrected chi connectivity index (χ4v) is 3.37. The van der Waals surface area contributed by atoms with E-state index in [4.69, 9.17) is 0 Å². The molecule has 2 aliphatic rings.